The van der Waals surface area contributed by atoms with Crippen LogP contribution in [0, 0.1) is 12.3 Å². The van der Waals surface area contributed by atoms with Gasteiger partial charge in [0, 0.05) is 12.5 Å². The van der Waals surface area contributed by atoms with Gasteiger partial charge in [-0.3, -0.25) is 4.79 Å². The summed E-state index contributed by atoms with van der Waals surface area (Å²) in [5.41, 5.74) is 7.42. The number of carboxylic acids is 1. The maximum absolute atomic E-state index is 11.5. The largest absolute Gasteiger partial charge is 0.481 e. The van der Waals surface area contributed by atoms with Gasteiger partial charge in [0.15, 0.2) is 0 Å². The van der Waals surface area contributed by atoms with Gasteiger partial charge in [-0.25, -0.2) is 0 Å². The van der Waals surface area contributed by atoms with E-state index in [1.807, 2.05) is 25.1 Å². The average Bonchev–Trinajstić information content (AvgIpc) is 2.22. The van der Waals surface area contributed by atoms with Gasteiger partial charge >= 0.3 is 5.97 Å². The van der Waals surface area contributed by atoms with Crippen LogP contribution in [0.15, 0.2) is 24.3 Å². The third-order valence-corrected chi connectivity index (χ3v) is 4.02. The number of hydrogen-bond acceptors (Lipinski definition) is 2. The number of benzene rings is 1. The molecule has 2 rings (SSSR count). The minimum absolute atomic E-state index is 0.0614. The molecule has 1 atom stereocenters. The van der Waals surface area contributed by atoms with E-state index in [-0.39, 0.29) is 5.92 Å². The molecule has 0 aromatic heterocycles. The summed E-state index contributed by atoms with van der Waals surface area (Å²) in [6.45, 7) is 2.42. The van der Waals surface area contributed by atoms with Crippen LogP contribution in [-0.2, 0) is 4.79 Å². The van der Waals surface area contributed by atoms with Crippen LogP contribution in [-0.4, -0.2) is 17.6 Å². The molecule has 1 saturated carbocycles. The quantitative estimate of drug-likeness (QED) is 0.838. The van der Waals surface area contributed by atoms with Gasteiger partial charge in [0.2, 0.25) is 0 Å². The van der Waals surface area contributed by atoms with E-state index in [1.165, 1.54) is 0 Å². The second-order valence-corrected chi connectivity index (χ2v) is 5.02. The topological polar surface area (TPSA) is 63.3 Å². The predicted octanol–water partition coefficient (Wildman–Crippen LogP) is 2.29. The second kappa shape index (κ2) is 4.49. The van der Waals surface area contributed by atoms with Crippen molar-refractivity contribution in [1.82, 2.24) is 0 Å². The van der Waals surface area contributed by atoms with Crippen molar-refractivity contribution < 1.29 is 9.90 Å². The van der Waals surface area contributed by atoms with E-state index in [4.69, 9.17) is 5.73 Å². The number of aryl methyl sites for hydroxylation is 1. The number of rotatable bonds is 4. The van der Waals surface area contributed by atoms with Crippen molar-refractivity contribution in [3.8, 4) is 0 Å². The molecule has 0 heterocycles. The van der Waals surface area contributed by atoms with Crippen molar-refractivity contribution in [1.29, 1.82) is 0 Å². The standard InChI is InChI=1S/C14H19NO2/c1-10-4-2-5-11(8-10)12(9-15)14(13(16)17)6-3-7-14/h2,4-5,8,12H,3,6-7,9,15H2,1H3,(H,16,17)/t12-/m0/s1. The van der Waals surface area contributed by atoms with Gasteiger partial charge in [0.1, 0.15) is 0 Å². The van der Waals surface area contributed by atoms with Gasteiger partial charge in [-0.05, 0) is 25.3 Å². The van der Waals surface area contributed by atoms with Crippen LogP contribution >= 0.6 is 0 Å². The number of carbonyl (C=O) groups is 1. The molecule has 17 heavy (non-hydrogen) atoms. The Morgan fingerprint density at radius 2 is 2.24 bits per heavy atom. The van der Waals surface area contributed by atoms with E-state index in [1.54, 1.807) is 0 Å². The summed E-state index contributed by atoms with van der Waals surface area (Å²) in [6.07, 6.45) is 2.49. The first kappa shape index (κ1) is 12.1. The molecule has 3 heteroatoms. The van der Waals surface area contributed by atoms with E-state index >= 15 is 0 Å². The maximum Gasteiger partial charge on any atom is 0.310 e. The number of nitrogens with two attached hydrogens (primary N) is 1. The van der Waals surface area contributed by atoms with Crippen LogP contribution in [0.4, 0.5) is 0 Å². The lowest BCUT2D eigenvalue weighted by Crippen LogP contribution is -2.45. The Labute approximate surface area is 102 Å². The molecule has 0 radical (unpaired) electrons. The molecule has 0 aliphatic heterocycles. The highest BCUT2D eigenvalue weighted by atomic mass is 16.4. The van der Waals surface area contributed by atoms with Crippen molar-refractivity contribution in [2.75, 3.05) is 6.54 Å². The summed E-state index contributed by atoms with van der Waals surface area (Å²) in [5.74, 6) is -0.755. The van der Waals surface area contributed by atoms with Gasteiger partial charge in [0.05, 0.1) is 5.41 Å². The maximum atomic E-state index is 11.5. The van der Waals surface area contributed by atoms with E-state index in [9.17, 15) is 9.90 Å². The Kier molecular flexibility index (Phi) is 3.20. The first-order valence-electron chi connectivity index (χ1n) is 6.10. The van der Waals surface area contributed by atoms with Crippen LogP contribution in [0.1, 0.15) is 36.3 Å². The summed E-state index contributed by atoms with van der Waals surface area (Å²) >= 11 is 0. The molecule has 3 nitrogen and oxygen atoms in total. The molecule has 0 unspecified atom stereocenters. The molecule has 0 saturated heterocycles. The highest BCUT2D eigenvalue weighted by molar-refractivity contribution is 5.77. The van der Waals surface area contributed by atoms with Crippen molar-refractivity contribution >= 4 is 5.97 Å². The molecule has 1 aromatic rings. The number of hydrogen-bond donors (Lipinski definition) is 2. The zero-order chi connectivity index (χ0) is 12.5. The smallest absolute Gasteiger partial charge is 0.310 e. The Morgan fingerprint density at radius 1 is 1.53 bits per heavy atom. The fraction of sp³-hybridized carbons (Fsp3) is 0.500. The fourth-order valence-electron chi connectivity index (χ4n) is 2.84. The molecule has 0 bridgehead atoms. The van der Waals surface area contributed by atoms with Crippen molar-refractivity contribution in [3.63, 3.8) is 0 Å². The lowest BCUT2D eigenvalue weighted by Gasteiger charge is -2.44. The van der Waals surface area contributed by atoms with E-state index in [0.717, 1.165) is 30.4 Å². The Bertz CT molecular complexity index is 424. The monoisotopic (exact) mass is 233 g/mol. The second-order valence-electron chi connectivity index (χ2n) is 5.02. The molecule has 1 fully saturated rings. The summed E-state index contributed by atoms with van der Waals surface area (Å²) in [6, 6.07) is 8.04. The van der Waals surface area contributed by atoms with Crippen LogP contribution in [0.3, 0.4) is 0 Å². The van der Waals surface area contributed by atoms with Gasteiger partial charge in [-0.2, -0.15) is 0 Å². The normalized spacial score (nSPS) is 19.4. The SMILES string of the molecule is Cc1cccc([C@H](CN)C2(C(=O)O)CCC2)c1. The molecule has 3 N–H and O–H groups in total. The van der Waals surface area contributed by atoms with Crippen molar-refractivity contribution in [3.05, 3.63) is 35.4 Å². The van der Waals surface area contributed by atoms with E-state index in [2.05, 4.69) is 6.07 Å². The number of carboxylic acid groups (broad SMARTS) is 1. The molecule has 0 amide bonds. The molecule has 1 aromatic carbocycles. The predicted molar refractivity (Wildman–Crippen MR) is 66.9 cm³/mol. The summed E-state index contributed by atoms with van der Waals surface area (Å²) in [7, 11) is 0. The van der Waals surface area contributed by atoms with Gasteiger partial charge in [-0.15, -0.1) is 0 Å². The van der Waals surface area contributed by atoms with Crippen molar-refractivity contribution in [2.45, 2.75) is 32.1 Å². The lowest BCUT2D eigenvalue weighted by molar-refractivity contribution is -0.156. The van der Waals surface area contributed by atoms with E-state index in [0.29, 0.717) is 6.54 Å². The summed E-state index contributed by atoms with van der Waals surface area (Å²) in [4.78, 5) is 11.5. The first-order chi connectivity index (χ1) is 8.10. The molecule has 1 aliphatic carbocycles. The Balaban J connectivity index is 2.36. The zero-order valence-electron chi connectivity index (χ0n) is 10.1. The molecule has 92 valence electrons. The lowest BCUT2D eigenvalue weighted by atomic mass is 9.59. The van der Waals surface area contributed by atoms with Gasteiger partial charge in [0.25, 0.3) is 0 Å². The Morgan fingerprint density at radius 3 is 2.65 bits per heavy atom. The van der Waals surface area contributed by atoms with Gasteiger partial charge < -0.3 is 10.8 Å². The number of aliphatic carboxylic acids is 1. The Hall–Kier alpha value is -1.35. The summed E-state index contributed by atoms with van der Waals surface area (Å²) in [5, 5.41) is 9.46. The molecular weight excluding hydrogens is 214 g/mol. The molecule has 0 spiro atoms. The first-order valence-corrected chi connectivity index (χ1v) is 6.10. The van der Waals surface area contributed by atoms with Crippen LogP contribution < -0.4 is 5.73 Å². The van der Waals surface area contributed by atoms with Crippen molar-refractivity contribution in [2.24, 2.45) is 11.1 Å². The highest BCUT2D eigenvalue weighted by Crippen LogP contribution is 2.51. The minimum atomic E-state index is -0.694. The summed E-state index contributed by atoms with van der Waals surface area (Å²) < 4.78 is 0. The van der Waals surface area contributed by atoms with Crippen LogP contribution in [0.25, 0.3) is 0 Å². The average molecular weight is 233 g/mol. The van der Waals surface area contributed by atoms with E-state index < -0.39 is 11.4 Å². The molecular formula is C14H19NO2. The third-order valence-electron chi connectivity index (χ3n) is 4.02. The van der Waals surface area contributed by atoms with Crippen LogP contribution in [0.5, 0.6) is 0 Å². The highest BCUT2D eigenvalue weighted by Gasteiger charge is 2.50. The zero-order valence-corrected chi connectivity index (χ0v) is 10.1. The fourth-order valence-corrected chi connectivity index (χ4v) is 2.84. The molecule has 1 aliphatic rings. The van der Waals surface area contributed by atoms with Crippen LogP contribution in [0.2, 0.25) is 0 Å². The third kappa shape index (κ3) is 1.95. The van der Waals surface area contributed by atoms with Gasteiger partial charge in [-0.1, -0.05) is 36.2 Å². The minimum Gasteiger partial charge on any atom is -0.481 e.